The van der Waals surface area contributed by atoms with Crippen LogP contribution < -0.4 is 10.1 Å². The Balaban J connectivity index is 1.91. The molecule has 3 nitrogen and oxygen atoms in total. The van der Waals surface area contributed by atoms with Gasteiger partial charge < -0.3 is 10.1 Å². The number of anilines is 1. The van der Waals surface area contributed by atoms with Crippen molar-refractivity contribution in [1.29, 1.82) is 0 Å². The van der Waals surface area contributed by atoms with Crippen molar-refractivity contribution in [2.24, 2.45) is 0 Å². The van der Waals surface area contributed by atoms with E-state index in [1.165, 1.54) is 24.3 Å². The van der Waals surface area contributed by atoms with E-state index in [1.54, 1.807) is 11.8 Å². The van der Waals surface area contributed by atoms with Crippen LogP contribution >= 0.6 is 11.8 Å². The number of nitrogens with one attached hydrogen (secondary N) is 1. The summed E-state index contributed by atoms with van der Waals surface area (Å²) in [6.45, 7) is -0.117. The standard InChI is InChI=1S/C15H14FNO2S/c1-20-14-5-3-2-4-13(14)17-15(18)10-19-12-8-6-11(16)7-9-12/h2-9H,10H2,1H3,(H,17,18). The molecule has 0 unspecified atom stereocenters. The Morgan fingerprint density at radius 1 is 1.20 bits per heavy atom. The van der Waals surface area contributed by atoms with E-state index in [4.69, 9.17) is 4.74 Å². The zero-order chi connectivity index (χ0) is 14.4. The summed E-state index contributed by atoms with van der Waals surface area (Å²) in [5, 5.41) is 2.78. The predicted molar refractivity (Wildman–Crippen MR) is 78.7 cm³/mol. The van der Waals surface area contributed by atoms with Crippen LogP contribution in [-0.2, 0) is 4.79 Å². The summed E-state index contributed by atoms with van der Waals surface area (Å²) in [7, 11) is 0. The molecule has 0 saturated heterocycles. The van der Waals surface area contributed by atoms with Gasteiger partial charge in [-0.25, -0.2) is 4.39 Å². The smallest absolute Gasteiger partial charge is 0.262 e. The lowest BCUT2D eigenvalue weighted by Crippen LogP contribution is -2.20. The Hall–Kier alpha value is -2.01. The summed E-state index contributed by atoms with van der Waals surface area (Å²) < 4.78 is 18.0. The summed E-state index contributed by atoms with van der Waals surface area (Å²) in [5.41, 5.74) is 0.757. The molecule has 1 amide bonds. The molecule has 0 aliphatic carbocycles. The molecule has 0 heterocycles. The number of ether oxygens (including phenoxy) is 1. The number of carbonyl (C=O) groups is 1. The van der Waals surface area contributed by atoms with E-state index in [-0.39, 0.29) is 18.3 Å². The number of thioether (sulfide) groups is 1. The SMILES string of the molecule is CSc1ccccc1NC(=O)COc1ccc(F)cc1. The number of para-hydroxylation sites is 1. The molecule has 0 saturated carbocycles. The highest BCUT2D eigenvalue weighted by molar-refractivity contribution is 7.98. The van der Waals surface area contributed by atoms with Gasteiger partial charge in [-0.2, -0.15) is 0 Å². The van der Waals surface area contributed by atoms with Crippen molar-refractivity contribution in [3.8, 4) is 5.75 Å². The lowest BCUT2D eigenvalue weighted by atomic mass is 10.3. The highest BCUT2D eigenvalue weighted by atomic mass is 32.2. The number of hydrogen-bond acceptors (Lipinski definition) is 3. The lowest BCUT2D eigenvalue weighted by Gasteiger charge is -2.10. The van der Waals surface area contributed by atoms with Gasteiger partial charge in [0.25, 0.3) is 5.91 Å². The Morgan fingerprint density at radius 2 is 1.90 bits per heavy atom. The molecule has 2 aromatic carbocycles. The first-order valence-electron chi connectivity index (χ1n) is 6.00. The monoisotopic (exact) mass is 291 g/mol. The zero-order valence-corrected chi connectivity index (χ0v) is 11.7. The topological polar surface area (TPSA) is 38.3 Å². The van der Waals surface area contributed by atoms with Gasteiger partial charge in [0.2, 0.25) is 0 Å². The fourth-order valence-electron chi connectivity index (χ4n) is 1.61. The summed E-state index contributed by atoms with van der Waals surface area (Å²) >= 11 is 1.56. The van der Waals surface area contributed by atoms with Crippen LogP contribution in [0.1, 0.15) is 0 Å². The average molecular weight is 291 g/mol. The van der Waals surface area contributed by atoms with Gasteiger partial charge in [0.05, 0.1) is 5.69 Å². The number of benzene rings is 2. The van der Waals surface area contributed by atoms with Gasteiger partial charge in [-0.05, 0) is 42.7 Å². The predicted octanol–water partition coefficient (Wildman–Crippen LogP) is 3.57. The average Bonchev–Trinajstić information content (AvgIpc) is 2.47. The number of amides is 1. The number of hydrogen-bond donors (Lipinski definition) is 1. The first-order chi connectivity index (χ1) is 9.69. The Kier molecular flexibility index (Phi) is 5.01. The fourth-order valence-corrected chi connectivity index (χ4v) is 2.17. The summed E-state index contributed by atoms with van der Waals surface area (Å²) in [5.74, 6) is -0.133. The molecule has 0 aromatic heterocycles. The molecule has 0 aliphatic rings. The third-order valence-electron chi connectivity index (χ3n) is 2.56. The van der Waals surface area contributed by atoms with E-state index in [9.17, 15) is 9.18 Å². The van der Waals surface area contributed by atoms with Crippen molar-refractivity contribution < 1.29 is 13.9 Å². The molecule has 0 radical (unpaired) electrons. The summed E-state index contributed by atoms with van der Waals surface area (Å²) in [6, 6.07) is 13.1. The largest absolute Gasteiger partial charge is 0.484 e. The van der Waals surface area contributed by atoms with Crippen LogP contribution in [0.15, 0.2) is 53.4 Å². The quantitative estimate of drug-likeness (QED) is 0.856. The van der Waals surface area contributed by atoms with Crippen LogP contribution in [0, 0.1) is 5.82 Å². The summed E-state index contributed by atoms with van der Waals surface area (Å²) in [4.78, 5) is 12.8. The van der Waals surface area contributed by atoms with E-state index in [0.29, 0.717) is 5.75 Å². The van der Waals surface area contributed by atoms with Crippen molar-refractivity contribution in [3.63, 3.8) is 0 Å². The van der Waals surface area contributed by atoms with Gasteiger partial charge in [0.1, 0.15) is 11.6 Å². The van der Waals surface area contributed by atoms with E-state index >= 15 is 0 Å². The molecule has 0 aliphatic heterocycles. The minimum absolute atomic E-state index is 0.117. The lowest BCUT2D eigenvalue weighted by molar-refractivity contribution is -0.118. The second kappa shape index (κ2) is 6.96. The van der Waals surface area contributed by atoms with E-state index in [1.807, 2.05) is 30.5 Å². The first-order valence-corrected chi connectivity index (χ1v) is 7.23. The van der Waals surface area contributed by atoms with Crippen molar-refractivity contribution in [1.82, 2.24) is 0 Å². The number of rotatable bonds is 5. The molecule has 104 valence electrons. The van der Waals surface area contributed by atoms with E-state index < -0.39 is 0 Å². The molecule has 2 aromatic rings. The maximum atomic E-state index is 12.7. The van der Waals surface area contributed by atoms with Crippen LogP contribution in [0.2, 0.25) is 0 Å². The van der Waals surface area contributed by atoms with Crippen molar-refractivity contribution in [2.45, 2.75) is 4.90 Å². The summed E-state index contributed by atoms with van der Waals surface area (Å²) in [6.07, 6.45) is 1.94. The van der Waals surface area contributed by atoms with Crippen molar-refractivity contribution in [2.75, 3.05) is 18.2 Å². The minimum atomic E-state index is -0.337. The van der Waals surface area contributed by atoms with Crippen LogP contribution in [0.25, 0.3) is 0 Å². The molecule has 0 fully saturated rings. The molecular weight excluding hydrogens is 277 g/mol. The molecule has 1 N–H and O–H groups in total. The third-order valence-corrected chi connectivity index (χ3v) is 3.36. The minimum Gasteiger partial charge on any atom is -0.484 e. The van der Waals surface area contributed by atoms with Crippen molar-refractivity contribution >= 4 is 23.4 Å². The molecule has 0 spiro atoms. The number of halogens is 1. The maximum Gasteiger partial charge on any atom is 0.262 e. The third kappa shape index (κ3) is 3.99. The first kappa shape index (κ1) is 14.4. The molecule has 0 bridgehead atoms. The van der Waals surface area contributed by atoms with E-state index in [2.05, 4.69) is 5.32 Å². The second-order valence-electron chi connectivity index (χ2n) is 3.99. The van der Waals surface area contributed by atoms with Gasteiger partial charge in [-0.15, -0.1) is 11.8 Å². The fraction of sp³-hybridized carbons (Fsp3) is 0.133. The molecule has 20 heavy (non-hydrogen) atoms. The normalized spacial score (nSPS) is 10.1. The molecule has 5 heteroatoms. The van der Waals surface area contributed by atoms with Crippen LogP contribution in [-0.4, -0.2) is 18.8 Å². The van der Waals surface area contributed by atoms with Gasteiger partial charge >= 0.3 is 0 Å². The Labute approximate surface area is 121 Å². The molecule has 2 rings (SSSR count). The molecule has 0 atom stereocenters. The van der Waals surface area contributed by atoms with E-state index in [0.717, 1.165) is 10.6 Å². The maximum absolute atomic E-state index is 12.7. The Morgan fingerprint density at radius 3 is 2.60 bits per heavy atom. The van der Waals surface area contributed by atoms with Gasteiger partial charge in [-0.1, -0.05) is 12.1 Å². The Bertz CT molecular complexity index is 587. The highest BCUT2D eigenvalue weighted by Gasteiger charge is 2.06. The van der Waals surface area contributed by atoms with Crippen molar-refractivity contribution in [3.05, 3.63) is 54.3 Å². The van der Waals surface area contributed by atoms with Crippen LogP contribution in [0.4, 0.5) is 10.1 Å². The highest BCUT2D eigenvalue weighted by Crippen LogP contribution is 2.24. The molecular formula is C15H14FNO2S. The van der Waals surface area contributed by atoms with Gasteiger partial charge in [-0.3, -0.25) is 4.79 Å². The second-order valence-corrected chi connectivity index (χ2v) is 4.84. The van der Waals surface area contributed by atoms with Crippen LogP contribution in [0.3, 0.4) is 0 Å². The number of carbonyl (C=O) groups excluding carboxylic acids is 1. The zero-order valence-electron chi connectivity index (χ0n) is 10.9. The van der Waals surface area contributed by atoms with Gasteiger partial charge in [0, 0.05) is 4.90 Å². The van der Waals surface area contributed by atoms with Gasteiger partial charge in [0.15, 0.2) is 6.61 Å². The van der Waals surface area contributed by atoms with Crippen LogP contribution in [0.5, 0.6) is 5.75 Å².